The van der Waals surface area contributed by atoms with Crippen molar-refractivity contribution in [2.45, 2.75) is 63.9 Å². The number of halogens is 2. The number of hydrogen-bond donors (Lipinski definition) is 0. The molecule has 26 heavy (non-hydrogen) atoms. The first-order valence-electron chi connectivity index (χ1n) is 9.19. The van der Waals surface area contributed by atoms with Gasteiger partial charge in [-0.1, -0.05) is 42.1 Å². The van der Waals surface area contributed by atoms with Gasteiger partial charge < -0.3 is 4.74 Å². The third-order valence-corrected chi connectivity index (χ3v) is 5.92. The van der Waals surface area contributed by atoms with E-state index in [4.69, 9.17) is 27.9 Å². The predicted octanol–water partition coefficient (Wildman–Crippen LogP) is 5.35. The van der Waals surface area contributed by atoms with E-state index in [0.717, 1.165) is 25.7 Å². The molecule has 2 aliphatic rings. The number of benzene rings is 1. The van der Waals surface area contributed by atoms with E-state index in [0.29, 0.717) is 21.3 Å². The lowest BCUT2D eigenvalue weighted by Gasteiger charge is -2.30. The SMILES string of the molecule is CC1=NC(=O)CC(c2c(Cl)cccc2Cl)C1C(=O)OC1CCCCCC1. The molecule has 2 atom stereocenters. The monoisotopic (exact) mass is 395 g/mol. The van der Waals surface area contributed by atoms with E-state index in [-0.39, 0.29) is 24.4 Å². The van der Waals surface area contributed by atoms with Gasteiger partial charge in [-0.3, -0.25) is 9.59 Å². The van der Waals surface area contributed by atoms with Crippen molar-refractivity contribution in [3.8, 4) is 0 Å². The topological polar surface area (TPSA) is 55.7 Å². The van der Waals surface area contributed by atoms with E-state index in [1.54, 1.807) is 25.1 Å². The van der Waals surface area contributed by atoms with Crippen molar-refractivity contribution in [3.05, 3.63) is 33.8 Å². The summed E-state index contributed by atoms with van der Waals surface area (Å²) in [5, 5.41) is 0.912. The smallest absolute Gasteiger partial charge is 0.315 e. The molecule has 1 aromatic rings. The number of nitrogens with zero attached hydrogens (tertiary/aromatic N) is 1. The lowest BCUT2D eigenvalue weighted by atomic mass is 9.79. The molecule has 1 saturated carbocycles. The Morgan fingerprint density at radius 2 is 1.73 bits per heavy atom. The Morgan fingerprint density at radius 3 is 2.35 bits per heavy atom. The average molecular weight is 396 g/mol. The van der Waals surface area contributed by atoms with Crippen LogP contribution in [0.5, 0.6) is 0 Å². The quantitative estimate of drug-likeness (QED) is 0.511. The zero-order valence-electron chi connectivity index (χ0n) is 14.8. The molecular weight excluding hydrogens is 373 g/mol. The minimum atomic E-state index is -0.631. The highest BCUT2D eigenvalue weighted by molar-refractivity contribution is 6.36. The Labute approximate surface area is 163 Å². The fraction of sp³-hybridized carbons (Fsp3) is 0.550. The Balaban J connectivity index is 1.89. The van der Waals surface area contributed by atoms with Crippen LogP contribution in [0.1, 0.15) is 63.4 Å². The maximum Gasteiger partial charge on any atom is 0.315 e. The summed E-state index contributed by atoms with van der Waals surface area (Å²) in [7, 11) is 0. The van der Waals surface area contributed by atoms with E-state index in [2.05, 4.69) is 4.99 Å². The third-order valence-electron chi connectivity index (χ3n) is 5.26. The molecule has 0 radical (unpaired) electrons. The first-order valence-corrected chi connectivity index (χ1v) is 9.95. The standard InChI is InChI=1S/C20H23Cl2NO3/c1-12-18(20(25)26-13-7-4-2-3-5-8-13)14(11-17(24)23-12)19-15(21)9-6-10-16(19)22/h6,9-10,13-14,18H,2-5,7-8,11H2,1H3. The summed E-state index contributed by atoms with van der Waals surface area (Å²) in [6.07, 6.45) is 6.36. The molecule has 0 spiro atoms. The molecule has 3 rings (SSSR count). The molecule has 1 heterocycles. The van der Waals surface area contributed by atoms with Gasteiger partial charge in [0.15, 0.2) is 0 Å². The molecule has 4 nitrogen and oxygen atoms in total. The molecule has 0 bridgehead atoms. The Morgan fingerprint density at radius 1 is 1.12 bits per heavy atom. The second kappa shape index (κ2) is 8.53. The summed E-state index contributed by atoms with van der Waals surface area (Å²) in [5.41, 5.74) is 1.10. The number of aliphatic imine (C=N–C) groups is 1. The number of rotatable bonds is 3. The van der Waals surface area contributed by atoms with E-state index < -0.39 is 11.8 Å². The van der Waals surface area contributed by atoms with Crippen LogP contribution >= 0.6 is 23.2 Å². The van der Waals surface area contributed by atoms with Crippen LogP contribution in [0, 0.1) is 5.92 Å². The maximum atomic E-state index is 13.0. The molecule has 0 saturated heterocycles. The Hall–Kier alpha value is -1.39. The molecule has 1 aromatic carbocycles. The lowest BCUT2D eigenvalue weighted by molar-refractivity contribution is -0.153. The summed E-state index contributed by atoms with van der Waals surface area (Å²) in [6.45, 7) is 1.70. The minimum Gasteiger partial charge on any atom is -0.462 e. The van der Waals surface area contributed by atoms with Gasteiger partial charge in [0.2, 0.25) is 5.91 Å². The fourth-order valence-electron chi connectivity index (χ4n) is 3.97. The van der Waals surface area contributed by atoms with E-state index in [1.807, 2.05) is 0 Å². The molecule has 6 heteroatoms. The van der Waals surface area contributed by atoms with Crippen molar-refractivity contribution in [1.29, 1.82) is 0 Å². The second-order valence-corrected chi connectivity index (χ2v) is 7.94. The van der Waals surface area contributed by atoms with Crippen LogP contribution in [-0.4, -0.2) is 23.7 Å². The molecule has 140 valence electrons. The van der Waals surface area contributed by atoms with Crippen molar-refractivity contribution in [1.82, 2.24) is 0 Å². The minimum absolute atomic E-state index is 0.0576. The van der Waals surface area contributed by atoms with Gasteiger partial charge in [0, 0.05) is 28.1 Å². The van der Waals surface area contributed by atoms with Gasteiger partial charge in [-0.15, -0.1) is 0 Å². The number of hydrogen-bond acceptors (Lipinski definition) is 3. The lowest BCUT2D eigenvalue weighted by Crippen LogP contribution is -2.37. The van der Waals surface area contributed by atoms with Crippen LogP contribution in [-0.2, 0) is 14.3 Å². The zero-order chi connectivity index (χ0) is 18.7. The second-order valence-electron chi connectivity index (χ2n) is 7.12. The van der Waals surface area contributed by atoms with Gasteiger partial charge in [-0.25, -0.2) is 4.99 Å². The molecule has 2 unspecified atom stereocenters. The van der Waals surface area contributed by atoms with Crippen LogP contribution in [0.2, 0.25) is 10.0 Å². The Kier molecular flexibility index (Phi) is 6.36. The van der Waals surface area contributed by atoms with Gasteiger partial charge in [-0.05, 0) is 50.3 Å². The van der Waals surface area contributed by atoms with Crippen molar-refractivity contribution in [2.24, 2.45) is 10.9 Å². The zero-order valence-corrected chi connectivity index (χ0v) is 16.4. The third kappa shape index (κ3) is 4.29. The maximum absolute atomic E-state index is 13.0. The number of ether oxygens (including phenoxy) is 1. The summed E-state index contributed by atoms with van der Waals surface area (Å²) in [6, 6.07) is 5.20. The number of carbonyl (C=O) groups is 2. The average Bonchev–Trinajstić information content (AvgIpc) is 2.82. The van der Waals surface area contributed by atoms with Crippen LogP contribution in [0.3, 0.4) is 0 Å². The van der Waals surface area contributed by atoms with Crippen LogP contribution in [0.4, 0.5) is 0 Å². The Bertz CT molecular complexity index is 704. The normalized spacial score (nSPS) is 24.7. The molecule has 1 fully saturated rings. The van der Waals surface area contributed by atoms with Gasteiger partial charge in [0.25, 0.3) is 0 Å². The summed E-state index contributed by atoms with van der Waals surface area (Å²) in [5.74, 6) is -1.67. The predicted molar refractivity (Wildman–Crippen MR) is 103 cm³/mol. The molecule has 0 N–H and O–H groups in total. The molecule has 1 aliphatic heterocycles. The van der Waals surface area contributed by atoms with E-state index >= 15 is 0 Å². The van der Waals surface area contributed by atoms with Gasteiger partial charge in [0.1, 0.15) is 12.0 Å². The highest BCUT2D eigenvalue weighted by atomic mass is 35.5. The number of carbonyl (C=O) groups excluding carboxylic acids is 2. The van der Waals surface area contributed by atoms with Gasteiger partial charge in [-0.2, -0.15) is 0 Å². The van der Waals surface area contributed by atoms with Gasteiger partial charge >= 0.3 is 5.97 Å². The fourth-order valence-corrected chi connectivity index (χ4v) is 4.65. The van der Waals surface area contributed by atoms with Crippen molar-refractivity contribution in [3.63, 3.8) is 0 Å². The highest BCUT2D eigenvalue weighted by Crippen LogP contribution is 2.41. The van der Waals surface area contributed by atoms with Crippen LogP contribution in [0.15, 0.2) is 23.2 Å². The summed E-state index contributed by atoms with van der Waals surface area (Å²) >= 11 is 12.7. The summed E-state index contributed by atoms with van der Waals surface area (Å²) in [4.78, 5) is 29.1. The molecule has 1 aliphatic carbocycles. The highest BCUT2D eigenvalue weighted by Gasteiger charge is 2.40. The first-order chi connectivity index (χ1) is 12.5. The number of amides is 1. The van der Waals surface area contributed by atoms with Crippen molar-refractivity contribution >= 4 is 40.8 Å². The summed E-state index contributed by atoms with van der Waals surface area (Å²) < 4.78 is 5.83. The van der Waals surface area contributed by atoms with Crippen LogP contribution in [0.25, 0.3) is 0 Å². The van der Waals surface area contributed by atoms with Crippen molar-refractivity contribution in [2.75, 3.05) is 0 Å². The first kappa shape index (κ1) is 19.4. The van der Waals surface area contributed by atoms with E-state index in [1.165, 1.54) is 12.8 Å². The van der Waals surface area contributed by atoms with Crippen LogP contribution < -0.4 is 0 Å². The molecule has 0 aromatic heterocycles. The van der Waals surface area contributed by atoms with Gasteiger partial charge in [0.05, 0.1) is 0 Å². The van der Waals surface area contributed by atoms with Crippen molar-refractivity contribution < 1.29 is 14.3 Å². The van der Waals surface area contributed by atoms with E-state index in [9.17, 15) is 9.59 Å². The molecular formula is C20H23Cl2NO3. The molecule has 1 amide bonds. The largest absolute Gasteiger partial charge is 0.462 e. The number of esters is 1.